The lowest BCUT2D eigenvalue weighted by atomic mass is 10.1. The van der Waals surface area contributed by atoms with Crippen LogP contribution in [0, 0.1) is 12.8 Å². The first-order valence-corrected chi connectivity index (χ1v) is 6.86. The van der Waals surface area contributed by atoms with Gasteiger partial charge < -0.3 is 15.3 Å². The number of anilines is 1. The molecule has 1 unspecified atom stereocenters. The predicted molar refractivity (Wildman–Crippen MR) is 77.3 cm³/mol. The van der Waals surface area contributed by atoms with Crippen LogP contribution in [0.4, 0.5) is 5.69 Å². The van der Waals surface area contributed by atoms with Crippen molar-refractivity contribution in [3.63, 3.8) is 0 Å². The molecule has 2 amide bonds. The first kappa shape index (κ1) is 15.0. The van der Waals surface area contributed by atoms with E-state index in [1.807, 2.05) is 13.8 Å². The maximum atomic E-state index is 12.0. The quantitative estimate of drug-likeness (QED) is 0.872. The number of carboxylic acid groups (broad SMARTS) is 1. The number of hydrogen-bond acceptors (Lipinski definition) is 3. The van der Waals surface area contributed by atoms with Crippen LogP contribution in [-0.2, 0) is 9.59 Å². The highest BCUT2D eigenvalue weighted by Gasteiger charge is 2.35. The number of aryl methyl sites for hydroxylation is 1. The molecule has 6 heteroatoms. The lowest BCUT2D eigenvalue weighted by Gasteiger charge is -2.19. The molecule has 0 saturated carbocycles. The largest absolute Gasteiger partial charge is 0.481 e. The molecule has 1 fully saturated rings. The highest BCUT2D eigenvalue weighted by atomic mass is 16.4. The summed E-state index contributed by atoms with van der Waals surface area (Å²) in [6, 6.07) is 5.10. The Labute approximate surface area is 122 Å². The van der Waals surface area contributed by atoms with Gasteiger partial charge in [0.2, 0.25) is 5.91 Å². The number of nitrogens with one attached hydrogen (secondary N) is 1. The molecule has 0 spiro atoms. The summed E-state index contributed by atoms with van der Waals surface area (Å²) in [5.74, 6) is -2.09. The molecule has 1 aliphatic rings. The van der Waals surface area contributed by atoms with E-state index in [1.54, 1.807) is 18.2 Å². The number of hydrogen-bond donors (Lipinski definition) is 2. The first-order valence-electron chi connectivity index (χ1n) is 6.86. The fraction of sp³-hybridized carbons (Fsp3) is 0.400. The highest BCUT2D eigenvalue weighted by Crippen LogP contribution is 2.29. The van der Waals surface area contributed by atoms with Gasteiger partial charge in [0, 0.05) is 30.8 Å². The number of carboxylic acids is 1. The highest BCUT2D eigenvalue weighted by molar-refractivity contribution is 6.01. The zero-order valence-corrected chi connectivity index (χ0v) is 12.0. The van der Waals surface area contributed by atoms with E-state index in [-0.39, 0.29) is 24.8 Å². The lowest BCUT2D eigenvalue weighted by molar-refractivity contribution is -0.141. The molecule has 1 aliphatic heterocycles. The van der Waals surface area contributed by atoms with E-state index in [9.17, 15) is 14.4 Å². The maximum Gasteiger partial charge on any atom is 0.308 e. The number of carbonyl (C=O) groups excluding carboxylic acids is 2. The SMILES string of the molecule is CCNC(=O)c1ccc(C)c(N2CC(C(=O)O)CC2=O)c1. The number of aliphatic carboxylic acids is 1. The average Bonchev–Trinajstić information content (AvgIpc) is 2.82. The van der Waals surface area contributed by atoms with Crippen LogP contribution in [-0.4, -0.2) is 36.0 Å². The van der Waals surface area contributed by atoms with Gasteiger partial charge in [-0.1, -0.05) is 6.07 Å². The van der Waals surface area contributed by atoms with Crippen LogP contribution in [0.2, 0.25) is 0 Å². The van der Waals surface area contributed by atoms with Crippen LogP contribution >= 0.6 is 0 Å². The Morgan fingerprint density at radius 3 is 2.71 bits per heavy atom. The normalized spacial score (nSPS) is 17.9. The molecule has 1 aromatic carbocycles. The van der Waals surface area contributed by atoms with E-state index in [2.05, 4.69) is 5.32 Å². The molecule has 2 N–H and O–H groups in total. The molecule has 0 aliphatic carbocycles. The van der Waals surface area contributed by atoms with Gasteiger partial charge in [0.25, 0.3) is 5.91 Å². The molecule has 1 heterocycles. The summed E-state index contributed by atoms with van der Waals surface area (Å²) in [4.78, 5) is 36.4. The Balaban J connectivity index is 2.31. The average molecular weight is 290 g/mol. The molecule has 1 atom stereocenters. The molecule has 112 valence electrons. The van der Waals surface area contributed by atoms with E-state index < -0.39 is 11.9 Å². The molecular formula is C15H18N2O4. The molecule has 0 aromatic heterocycles. The van der Waals surface area contributed by atoms with Crippen LogP contribution in [0.3, 0.4) is 0 Å². The predicted octanol–water partition coefficient (Wildman–Crippen LogP) is 1.18. The van der Waals surface area contributed by atoms with Crippen LogP contribution in [0.25, 0.3) is 0 Å². The van der Waals surface area contributed by atoms with Gasteiger partial charge in [-0.05, 0) is 31.5 Å². The van der Waals surface area contributed by atoms with Gasteiger partial charge in [-0.3, -0.25) is 14.4 Å². The fourth-order valence-electron chi connectivity index (χ4n) is 2.41. The molecule has 2 rings (SSSR count). The molecule has 0 radical (unpaired) electrons. The first-order chi connectivity index (χ1) is 9.93. The Bertz CT molecular complexity index is 597. The second-order valence-electron chi connectivity index (χ2n) is 5.10. The molecular weight excluding hydrogens is 272 g/mol. The summed E-state index contributed by atoms with van der Waals surface area (Å²) in [6.07, 6.45) is 0.000156. The Hall–Kier alpha value is -2.37. The third-order valence-electron chi connectivity index (χ3n) is 3.57. The van der Waals surface area contributed by atoms with Crippen molar-refractivity contribution >= 4 is 23.5 Å². The zero-order valence-electron chi connectivity index (χ0n) is 12.0. The van der Waals surface area contributed by atoms with Crippen molar-refractivity contribution in [2.75, 3.05) is 18.0 Å². The number of benzene rings is 1. The summed E-state index contributed by atoms with van der Waals surface area (Å²) in [5.41, 5.74) is 1.90. The fourth-order valence-corrected chi connectivity index (χ4v) is 2.41. The van der Waals surface area contributed by atoms with Gasteiger partial charge in [-0.2, -0.15) is 0 Å². The third-order valence-corrected chi connectivity index (χ3v) is 3.57. The minimum absolute atomic E-state index is 0.000156. The van der Waals surface area contributed by atoms with Crippen molar-refractivity contribution in [3.8, 4) is 0 Å². The van der Waals surface area contributed by atoms with Crippen molar-refractivity contribution in [1.82, 2.24) is 5.32 Å². The molecule has 1 saturated heterocycles. The molecule has 1 aromatic rings. The number of rotatable bonds is 4. The summed E-state index contributed by atoms with van der Waals surface area (Å²) < 4.78 is 0. The number of nitrogens with zero attached hydrogens (tertiary/aromatic N) is 1. The van der Waals surface area contributed by atoms with Gasteiger partial charge in [-0.25, -0.2) is 0 Å². The monoisotopic (exact) mass is 290 g/mol. The summed E-state index contributed by atoms with van der Waals surface area (Å²) in [5, 5.41) is 11.7. The van der Waals surface area contributed by atoms with Crippen LogP contribution in [0.5, 0.6) is 0 Å². The van der Waals surface area contributed by atoms with E-state index in [1.165, 1.54) is 4.90 Å². The van der Waals surface area contributed by atoms with Gasteiger partial charge >= 0.3 is 5.97 Å². The van der Waals surface area contributed by atoms with Gasteiger partial charge in [0.1, 0.15) is 0 Å². The third kappa shape index (κ3) is 3.04. The van der Waals surface area contributed by atoms with E-state index in [0.717, 1.165) is 5.56 Å². The molecule has 6 nitrogen and oxygen atoms in total. The standard InChI is InChI=1S/C15H18N2O4/c1-3-16-14(19)10-5-4-9(2)12(6-10)17-8-11(15(20)21)7-13(17)18/h4-6,11H,3,7-8H2,1-2H3,(H,16,19)(H,20,21). The van der Waals surface area contributed by atoms with Crippen molar-refractivity contribution in [3.05, 3.63) is 29.3 Å². The zero-order chi connectivity index (χ0) is 15.6. The topological polar surface area (TPSA) is 86.7 Å². The second kappa shape index (κ2) is 5.95. The van der Waals surface area contributed by atoms with Gasteiger partial charge in [0.15, 0.2) is 0 Å². The van der Waals surface area contributed by atoms with E-state index in [4.69, 9.17) is 5.11 Å². The number of carbonyl (C=O) groups is 3. The van der Waals surface area contributed by atoms with Crippen molar-refractivity contribution in [1.29, 1.82) is 0 Å². The Morgan fingerprint density at radius 1 is 1.43 bits per heavy atom. The van der Waals surface area contributed by atoms with Gasteiger partial charge in [-0.15, -0.1) is 0 Å². The molecule has 21 heavy (non-hydrogen) atoms. The van der Waals surface area contributed by atoms with Crippen molar-refractivity contribution < 1.29 is 19.5 Å². The summed E-state index contributed by atoms with van der Waals surface area (Å²) in [6.45, 7) is 4.33. The van der Waals surface area contributed by atoms with Crippen molar-refractivity contribution in [2.24, 2.45) is 5.92 Å². The summed E-state index contributed by atoms with van der Waals surface area (Å²) in [7, 11) is 0. The van der Waals surface area contributed by atoms with Crippen LogP contribution in [0.1, 0.15) is 29.3 Å². The lowest BCUT2D eigenvalue weighted by Crippen LogP contribution is -2.28. The van der Waals surface area contributed by atoms with Crippen LogP contribution in [0.15, 0.2) is 18.2 Å². The Kier molecular flexibility index (Phi) is 4.26. The Morgan fingerprint density at radius 2 is 2.14 bits per heavy atom. The van der Waals surface area contributed by atoms with E-state index >= 15 is 0 Å². The minimum Gasteiger partial charge on any atom is -0.481 e. The number of amides is 2. The molecule has 0 bridgehead atoms. The maximum absolute atomic E-state index is 12.0. The van der Waals surface area contributed by atoms with E-state index in [0.29, 0.717) is 17.8 Å². The smallest absolute Gasteiger partial charge is 0.308 e. The second-order valence-corrected chi connectivity index (χ2v) is 5.10. The van der Waals surface area contributed by atoms with Crippen molar-refractivity contribution in [2.45, 2.75) is 20.3 Å². The van der Waals surface area contributed by atoms with Gasteiger partial charge in [0.05, 0.1) is 5.92 Å². The summed E-state index contributed by atoms with van der Waals surface area (Å²) >= 11 is 0. The minimum atomic E-state index is -0.969. The van der Waals surface area contributed by atoms with Crippen LogP contribution < -0.4 is 10.2 Å².